The maximum Gasteiger partial charge on any atom is 0.201 e. The number of nitriles is 1. The minimum absolute atomic E-state index is 0.0946. The Morgan fingerprint density at radius 2 is 1.59 bits per heavy atom. The second-order valence-corrected chi connectivity index (χ2v) is 7.93. The summed E-state index contributed by atoms with van der Waals surface area (Å²) in [6.07, 6.45) is 9.92. The van der Waals surface area contributed by atoms with Crippen LogP contribution in [0, 0.1) is 40.7 Å². The van der Waals surface area contributed by atoms with Gasteiger partial charge in [-0.05, 0) is 88.2 Å². The summed E-state index contributed by atoms with van der Waals surface area (Å²) >= 11 is 0. The summed E-state index contributed by atoms with van der Waals surface area (Å²) in [4.78, 5) is 0. The molecule has 27 heavy (non-hydrogen) atoms. The fourth-order valence-electron chi connectivity index (χ4n) is 4.73. The zero-order valence-electron chi connectivity index (χ0n) is 16.1. The minimum atomic E-state index is -1.12. The van der Waals surface area contributed by atoms with E-state index in [0.717, 1.165) is 31.3 Å². The van der Waals surface area contributed by atoms with E-state index in [-0.39, 0.29) is 11.3 Å². The van der Waals surface area contributed by atoms with Crippen LogP contribution in [-0.4, -0.2) is 19.3 Å². The fourth-order valence-corrected chi connectivity index (χ4v) is 4.73. The SMILES string of the molecule is CCOC1CCC(C2CCC(COc3ccc(C#N)c(F)c3F)CC2)CC1. The number of ether oxygens (including phenoxy) is 2. The van der Waals surface area contributed by atoms with E-state index in [1.165, 1.54) is 50.7 Å². The van der Waals surface area contributed by atoms with E-state index in [2.05, 4.69) is 6.92 Å². The van der Waals surface area contributed by atoms with Crippen molar-refractivity contribution in [1.82, 2.24) is 0 Å². The molecular formula is C22H29F2NO2. The summed E-state index contributed by atoms with van der Waals surface area (Å²) in [5.74, 6) is -0.293. The van der Waals surface area contributed by atoms with Gasteiger partial charge in [0.05, 0.1) is 18.3 Å². The lowest BCUT2D eigenvalue weighted by Gasteiger charge is -2.37. The van der Waals surface area contributed by atoms with Gasteiger partial charge >= 0.3 is 0 Å². The van der Waals surface area contributed by atoms with Crippen LogP contribution < -0.4 is 4.74 Å². The van der Waals surface area contributed by atoms with Crippen LogP contribution in [0.4, 0.5) is 8.78 Å². The number of nitrogens with zero attached hydrogens (tertiary/aromatic N) is 1. The molecule has 2 saturated carbocycles. The number of hydrogen-bond donors (Lipinski definition) is 0. The summed E-state index contributed by atoms with van der Waals surface area (Å²) in [6, 6.07) is 4.25. The zero-order valence-corrected chi connectivity index (χ0v) is 16.1. The highest BCUT2D eigenvalue weighted by molar-refractivity contribution is 5.37. The molecule has 1 aromatic carbocycles. The summed E-state index contributed by atoms with van der Waals surface area (Å²) in [5, 5.41) is 8.74. The molecule has 0 unspecified atom stereocenters. The quantitative estimate of drug-likeness (QED) is 0.646. The Morgan fingerprint density at radius 1 is 0.963 bits per heavy atom. The maximum absolute atomic E-state index is 13.9. The Hall–Kier alpha value is -1.67. The first-order valence-electron chi connectivity index (χ1n) is 10.2. The molecule has 0 spiro atoms. The van der Waals surface area contributed by atoms with Crippen molar-refractivity contribution in [3.63, 3.8) is 0 Å². The molecule has 0 atom stereocenters. The van der Waals surface area contributed by atoms with Crippen molar-refractivity contribution in [2.24, 2.45) is 17.8 Å². The lowest BCUT2D eigenvalue weighted by atomic mass is 9.71. The van der Waals surface area contributed by atoms with Gasteiger partial charge in [0.15, 0.2) is 11.6 Å². The van der Waals surface area contributed by atoms with Gasteiger partial charge in [0, 0.05) is 6.61 Å². The van der Waals surface area contributed by atoms with Gasteiger partial charge in [-0.25, -0.2) is 4.39 Å². The van der Waals surface area contributed by atoms with Gasteiger partial charge in [-0.3, -0.25) is 0 Å². The average molecular weight is 377 g/mol. The molecule has 0 N–H and O–H groups in total. The van der Waals surface area contributed by atoms with Gasteiger partial charge in [0.2, 0.25) is 5.82 Å². The van der Waals surface area contributed by atoms with Crippen LogP contribution in [0.2, 0.25) is 0 Å². The van der Waals surface area contributed by atoms with Crippen LogP contribution in [0.1, 0.15) is 63.9 Å². The van der Waals surface area contributed by atoms with Crippen LogP contribution in [0.3, 0.4) is 0 Å². The highest BCUT2D eigenvalue weighted by Crippen LogP contribution is 2.40. The predicted molar refractivity (Wildman–Crippen MR) is 99.4 cm³/mol. The molecule has 148 valence electrons. The Kier molecular flexibility index (Phi) is 7.07. The van der Waals surface area contributed by atoms with Gasteiger partial charge in [-0.1, -0.05) is 0 Å². The molecule has 2 aliphatic carbocycles. The van der Waals surface area contributed by atoms with Gasteiger partial charge in [0.25, 0.3) is 0 Å². The third-order valence-electron chi connectivity index (χ3n) is 6.32. The molecule has 3 rings (SSSR count). The lowest BCUT2D eigenvalue weighted by molar-refractivity contribution is 0.0127. The van der Waals surface area contributed by atoms with E-state index in [1.54, 1.807) is 6.07 Å². The number of benzene rings is 1. The highest BCUT2D eigenvalue weighted by atomic mass is 19.2. The van der Waals surface area contributed by atoms with Crippen molar-refractivity contribution < 1.29 is 18.3 Å². The van der Waals surface area contributed by atoms with Crippen LogP contribution in [0.15, 0.2) is 12.1 Å². The Bertz CT molecular complexity index is 657. The van der Waals surface area contributed by atoms with E-state index >= 15 is 0 Å². The van der Waals surface area contributed by atoms with E-state index < -0.39 is 11.6 Å². The van der Waals surface area contributed by atoms with Crippen molar-refractivity contribution in [2.45, 2.75) is 64.4 Å². The lowest BCUT2D eigenvalue weighted by Crippen LogP contribution is -2.29. The molecule has 3 nitrogen and oxygen atoms in total. The topological polar surface area (TPSA) is 42.2 Å². The molecule has 2 fully saturated rings. The molecule has 1 aromatic rings. The molecule has 2 aliphatic rings. The molecule has 0 heterocycles. The molecule has 0 amide bonds. The summed E-state index contributed by atoms with van der Waals surface area (Å²) < 4.78 is 38.9. The van der Waals surface area contributed by atoms with E-state index in [9.17, 15) is 8.78 Å². The second-order valence-electron chi connectivity index (χ2n) is 7.93. The monoisotopic (exact) mass is 377 g/mol. The first-order valence-corrected chi connectivity index (χ1v) is 10.2. The Morgan fingerprint density at radius 3 is 2.19 bits per heavy atom. The first kappa shape index (κ1) is 20.1. The molecule has 0 aliphatic heterocycles. The largest absolute Gasteiger partial charge is 0.490 e. The standard InChI is InChI=1S/C22H29F2NO2/c1-2-26-19-10-7-17(8-11-19)16-5-3-15(4-6-16)14-27-20-12-9-18(13-25)21(23)22(20)24/h9,12,15-17,19H,2-8,10-11,14H2,1H3. The van der Waals surface area contributed by atoms with Crippen LogP contribution in [-0.2, 0) is 4.74 Å². The smallest absolute Gasteiger partial charge is 0.201 e. The van der Waals surface area contributed by atoms with Crippen LogP contribution in [0.5, 0.6) is 5.75 Å². The summed E-state index contributed by atoms with van der Waals surface area (Å²) in [5.41, 5.74) is -0.292. The molecule has 0 saturated heterocycles. The number of halogens is 2. The first-order chi connectivity index (χ1) is 13.1. The summed E-state index contributed by atoms with van der Waals surface area (Å²) in [7, 11) is 0. The molecule has 5 heteroatoms. The minimum Gasteiger partial charge on any atom is -0.490 e. The fraction of sp³-hybridized carbons (Fsp3) is 0.682. The third-order valence-corrected chi connectivity index (χ3v) is 6.32. The second kappa shape index (κ2) is 9.50. The van der Waals surface area contributed by atoms with E-state index in [0.29, 0.717) is 18.6 Å². The van der Waals surface area contributed by atoms with Gasteiger partial charge in [-0.15, -0.1) is 0 Å². The van der Waals surface area contributed by atoms with Gasteiger partial charge in [0.1, 0.15) is 6.07 Å². The Balaban J connectivity index is 1.43. The molecule has 0 aromatic heterocycles. The van der Waals surface area contributed by atoms with Crippen molar-refractivity contribution in [3.8, 4) is 11.8 Å². The molecular weight excluding hydrogens is 348 g/mol. The Labute approximate surface area is 160 Å². The molecule has 0 bridgehead atoms. The van der Waals surface area contributed by atoms with Gasteiger partial charge < -0.3 is 9.47 Å². The van der Waals surface area contributed by atoms with Gasteiger partial charge in [-0.2, -0.15) is 9.65 Å². The zero-order chi connectivity index (χ0) is 19.2. The van der Waals surface area contributed by atoms with E-state index in [4.69, 9.17) is 14.7 Å². The molecule has 0 radical (unpaired) electrons. The van der Waals surface area contributed by atoms with Crippen molar-refractivity contribution in [3.05, 3.63) is 29.3 Å². The highest BCUT2D eigenvalue weighted by Gasteiger charge is 2.31. The summed E-state index contributed by atoms with van der Waals surface area (Å²) in [6.45, 7) is 3.28. The van der Waals surface area contributed by atoms with Crippen molar-refractivity contribution in [2.75, 3.05) is 13.2 Å². The van der Waals surface area contributed by atoms with Crippen molar-refractivity contribution in [1.29, 1.82) is 5.26 Å². The van der Waals surface area contributed by atoms with E-state index in [1.807, 2.05) is 0 Å². The number of hydrogen-bond acceptors (Lipinski definition) is 3. The maximum atomic E-state index is 13.9. The van der Waals surface area contributed by atoms with Crippen molar-refractivity contribution >= 4 is 0 Å². The number of rotatable bonds is 6. The van der Waals surface area contributed by atoms with Crippen LogP contribution in [0.25, 0.3) is 0 Å². The third kappa shape index (κ3) is 4.99. The predicted octanol–water partition coefficient (Wildman–Crippen LogP) is 5.62. The normalized spacial score (nSPS) is 28.5. The van der Waals surface area contributed by atoms with Crippen LogP contribution >= 0.6 is 0 Å². The average Bonchev–Trinajstić information content (AvgIpc) is 2.70.